The van der Waals surface area contributed by atoms with Crippen molar-refractivity contribution in [3.8, 4) is 5.75 Å². The Kier molecular flexibility index (Phi) is 5.48. The Hall–Kier alpha value is -1.89. The summed E-state index contributed by atoms with van der Waals surface area (Å²) < 4.78 is 6.18. The van der Waals surface area contributed by atoms with Crippen LogP contribution in [0, 0.1) is 0 Å². The van der Waals surface area contributed by atoms with Gasteiger partial charge in [-0.05, 0) is 65.7 Å². The average molecular weight is 433 g/mol. The van der Waals surface area contributed by atoms with E-state index in [-0.39, 0.29) is 5.91 Å². The lowest BCUT2D eigenvalue weighted by molar-refractivity contribution is -0.132. The molecule has 2 aliphatic rings. The summed E-state index contributed by atoms with van der Waals surface area (Å²) in [6, 6.07) is 5.98. The van der Waals surface area contributed by atoms with Crippen LogP contribution in [0.15, 0.2) is 22.7 Å². The van der Waals surface area contributed by atoms with Gasteiger partial charge in [-0.2, -0.15) is 5.10 Å². The molecule has 1 saturated heterocycles. The number of likely N-dealkylation sites (tertiary alicyclic amines) is 1. The lowest BCUT2D eigenvalue weighted by atomic mass is 9.95. The number of benzene rings is 1. The maximum Gasteiger partial charge on any atom is 0.222 e. The zero-order valence-electron chi connectivity index (χ0n) is 15.6. The monoisotopic (exact) mass is 432 g/mol. The maximum atomic E-state index is 12.6. The molecule has 0 bridgehead atoms. The molecule has 2 heterocycles. The average Bonchev–Trinajstić information content (AvgIpc) is 3.43. The van der Waals surface area contributed by atoms with Gasteiger partial charge in [-0.3, -0.25) is 9.89 Å². The minimum atomic E-state index is 0.233. The van der Waals surface area contributed by atoms with Gasteiger partial charge >= 0.3 is 0 Å². The van der Waals surface area contributed by atoms with E-state index in [1.54, 1.807) is 7.11 Å². The van der Waals surface area contributed by atoms with Crippen molar-refractivity contribution in [2.45, 2.75) is 50.4 Å². The van der Waals surface area contributed by atoms with Gasteiger partial charge in [0.25, 0.3) is 0 Å². The van der Waals surface area contributed by atoms with Crippen LogP contribution in [0.1, 0.15) is 61.2 Å². The molecule has 2 fully saturated rings. The molecule has 144 valence electrons. The van der Waals surface area contributed by atoms with E-state index in [9.17, 15) is 4.79 Å². The Balaban J connectivity index is 1.26. The Morgan fingerprint density at radius 3 is 2.70 bits per heavy atom. The molecule has 1 saturated carbocycles. The van der Waals surface area contributed by atoms with Crippen LogP contribution in [0.3, 0.4) is 0 Å². The van der Waals surface area contributed by atoms with E-state index in [4.69, 9.17) is 4.74 Å². The quantitative estimate of drug-likeness (QED) is 0.753. The molecule has 4 rings (SSSR count). The molecule has 0 spiro atoms. The number of nitrogens with zero attached hydrogens (tertiary/aromatic N) is 3. The molecule has 1 amide bonds. The number of H-pyrrole nitrogens is 1. The van der Waals surface area contributed by atoms with Crippen LogP contribution < -0.4 is 4.74 Å². The van der Waals surface area contributed by atoms with Gasteiger partial charge in [0.15, 0.2) is 5.82 Å². The fourth-order valence-corrected chi connectivity index (χ4v) is 4.26. The summed E-state index contributed by atoms with van der Waals surface area (Å²) >= 11 is 3.50. The number of halogens is 1. The van der Waals surface area contributed by atoms with Crippen LogP contribution in [0.5, 0.6) is 5.75 Å². The van der Waals surface area contributed by atoms with Crippen molar-refractivity contribution >= 4 is 21.8 Å². The lowest BCUT2D eigenvalue weighted by Crippen LogP contribution is -2.38. The molecule has 2 aromatic rings. The first-order valence-corrected chi connectivity index (χ1v) is 10.5. The highest BCUT2D eigenvalue weighted by atomic mass is 79.9. The third-order valence-corrected chi connectivity index (χ3v) is 6.16. The Bertz CT molecular complexity index is 810. The second-order valence-electron chi connectivity index (χ2n) is 7.48. The summed E-state index contributed by atoms with van der Waals surface area (Å²) in [5.41, 5.74) is 1.14. The highest BCUT2D eigenvalue weighted by molar-refractivity contribution is 9.10. The third-order valence-electron chi connectivity index (χ3n) is 5.54. The number of aromatic nitrogens is 3. The molecule has 0 atom stereocenters. The number of aryl methyl sites for hydroxylation is 1. The Labute approximate surface area is 167 Å². The van der Waals surface area contributed by atoms with Crippen molar-refractivity contribution in [2.24, 2.45) is 0 Å². The number of rotatable bonds is 6. The third kappa shape index (κ3) is 4.34. The molecule has 0 radical (unpaired) electrons. The summed E-state index contributed by atoms with van der Waals surface area (Å²) in [6.07, 6.45) is 5.63. The zero-order valence-corrected chi connectivity index (χ0v) is 17.2. The first-order valence-electron chi connectivity index (χ1n) is 9.66. The number of ether oxygens (including phenoxy) is 1. The topological polar surface area (TPSA) is 71.1 Å². The van der Waals surface area contributed by atoms with Crippen LogP contribution >= 0.6 is 15.9 Å². The number of amides is 1. The van der Waals surface area contributed by atoms with E-state index in [1.807, 2.05) is 23.1 Å². The number of carbonyl (C=O) groups is 1. The van der Waals surface area contributed by atoms with Gasteiger partial charge in [0.1, 0.15) is 11.6 Å². The van der Waals surface area contributed by atoms with Gasteiger partial charge in [-0.25, -0.2) is 4.98 Å². The molecule has 1 aromatic heterocycles. The number of carbonyl (C=O) groups excluding carboxylic acids is 1. The molecule has 0 unspecified atom stereocenters. The molecule has 7 heteroatoms. The van der Waals surface area contributed by atoms with Crippen molar-refractivity contribution in [1.29, 1.82) is 0 Å². The number of piperidine rings is 1. The van der Waals surface area contributed by atoms with Crippen LogP contribution in [-0.4, -0.2) is 46.2 Å². The van der Waals surface area contributed by atoms with E-state index in [2.05, 4.69) is 31.1 Å². The minimum absolute atomic E-state index is 0.233. The van der Waals surface area contributed by atoms with Gasteiger partial charge in [-0.15, -0.1) is 0 Å². The molecule has 1 N–H and O–H groups in total. The van der Waals surface area contributed by atoms with E-state index in [1.165, 1.54) is 12.8 Å². The summed E-state index contributed by atoms with van der Waals surface area (Å²) in [7, 11) is 1.65. The fraction of sp³-hybridized carbons (Fsp3) is 0.550. The molecule has 27 heavy (non-hydrogen) atoms. The first-order chi connectivity index (χ1) is 13.1. The Morgan fingerprint density at radius 2 is 2.04 bits per heavy atom. The van der Waals surface area contributed by atoms with Crippen molar-refractivity contribution in [1.82, 2.24) is 20.1 Å². The van der Waals surface area contributed by atoms with Crippen LogP contribution in [0.25, 0.3) is 0 Å². The fourth-order valence-electron chi connectivity index (χ4n) is 3.67. The number of methoxy groups -OCH3 is 1. The summed E-state index contributed by atoms with van der Waals surface area (Å²) in [5, 5.41) is 7.48. The van der Waals surface area contributed by atoms with Crippen molar-refractivity contribution in [3.05, 3.63) is 39.9 Å². The second-order valence-corrected chi connectivity index (χ2v) is 8.33. The van der Waals surface area contributed by atoms with Gasteiger partial charge < -0.3 is 9.64 Å². The number of nitrogens with one attached hydrogen (secondary N) is 1. The van der Waals surface area contributed by atoms with Crippen molar-refractivity contribution in [2.75, 3.05) is 20.2 Å². The van der Waals surface area contributed by atoms with Crippen molar-refractivity contribution < 1.29 is 9.53 Å². The number of hydrogen-bond acceptors (Lipinski definition) is 4. The smallest absolute Gasteiger partial charge is 0.222 e. The van der Waals surface area contributed by atoms with Crippen molar-refractivity contribution in [3.63, 3.8) is 0 Å². The van der Waals surface area contributed by atoms with Crippen LogP contribution in [-0.2, 0) is 11.2 Å². The lowest BCUT2D eigenvalue weighted by Gasteiger charge is -2.31. The van der Waals surface area contributed by atoms with Gasteiger partial charge in [0.2, 0.25) is 5.91 Å². The molecular formula is C20H25BrN4O2. The molecule has 1 aromatic carbocycles. The van der Waals surface area contributed by atoms with Crippen LogP contribution in [0.4, 0.5) is 0 Å². The first kappa shape index (κ1) is 18.5. The highest BCUT2D eigenvalue weighted by Gasteiger charge is 2.30. The van der Waals surface area contributed by atoms with E-state index in [0.29, 0.717) is 18.3 Å². The molecular weight excluding hydrogens is 408 g/mol. The highest BCUT2D eigenvalue weighted by Crippen LogP contribution is 2.38. The normalized spacial score (nSPS) is 17.9. The summed E-state index contributed by atoms with van der Waals surface area (Å²) in [5.74, 6) is 4.00. The molecule has 1 aliphatic carbocycles. The van der Waals surface area contributed by atoms with E-state index in [0.717, 1.165) is 59.8 Å². The predicted octanol–water partition coefficient (Wildman–Crippen LogP) is 3.79. The summed E-state index contributed by atoms with van der Waals surface area (Å²) in [4.78, 5) is 19.3. The maximum absolute atomic E-state index is 12.6. The van der Waals surface area contributed by atoms with Gasteiger partial charge in [0.05, 0.1) is 11.6 Å². The van der Waals surface area contributed by atoms with Gasteiger partial charge in [-0.1, -0.05) is 6.07 Å². The molecule has 1 aliphatic heterocycles. The zero-order chi connectivity index (χ0) is 18.8. The largest absolute Gasteiger partial charge is 0.496 e. The van der Waals surface area contributed by atoms with Gasteiger partial charge in [0, 0.05) is 31.3 Å². The predicted molar refractivity (Wildman–Crippen MR) is 106 cm³/mol. The number of aromatic amines is 1. The van der Waals surface area contributed by atoms with E-state index < -0.39 is 0 Å². The number of hydrogen-bond donors (Lipinski definition) is 1. The SMILES string of the molecule is COc1ccc(CCC(=O)N2CCC(c3nc(C4CC4)n[nH]3)CC2)cc1Br. The molecule has 6 nitrogen and oxygen atoms in total. The standard InChI is InChI=1S/C20H25BrN4O2/c1-27-17-6-2-13(12-16(17)21)3-7-18(26)25-10-8-15(9-11-25)20-22-19(23-24-20)14-4-5-14/h2,6,12,14-15H,3-5,7-11H2,1H3,(H,22,23,24). The van der Waals surface area contributed by atoms with Crippen LogP contribution in [0.2, 0.25) is 0 Å². The summed E-state index contributed by atoms with van der Waals surface area (Å²) in [6.45, 7) is 1.60. The second kappa shape index (κ2) is 8.00. The Morgan fingerprint density at radius 1 is 1.26 bits per heavy atom. The van der Waals surface area contributed by atoms with E-state index >= 15 is 0 Å². The minimum Gasteiger partial charge on any atom is -0.496 e.